The van der Waals surface area contributed by atoms with E-state index < -0.39 is 0 Å². The minimum absolute atomic E-state index is 0.127. The summed E-state index contributed by atoms with van der Waals surface area (Å²) >= 11 is 6.44. The minimum Gasteiger partial charge on any atom is -0.370 e. The Balaban J connectivity index is 1.50. The van der Waals surface area contributed by atoms with Crippen molar-refractivity contribution in [1.82, 2.24) is 9.80 Å². The Morgan fingerprint density at radius 1 is 1.39 bits per heavy atom. The Morgan fingerprint density at radius 2 is 2.22 bits per heavy atom. The van der Waals surface area contributed by atoms with Gasteiger partial charge in [-0.05, 0) is 51.1 Å². The molecule has 126 valence electrons. The zero-order valence-corrected chi connectivity index (χ0v) is 15.1. The van der Waals surface area contributed by atoms with Crippen LogP contribution in [0.2, 0.25) is 5.02 Å². The molecular weight excluding hydrogens is 308 g/mol. The first-order valence-corrected chi connectivity index (χ1v) is 9.14. The van der Waals surface area contributed by atoms with E-state index in [9.17, 15) is 0 Å². The maximum atomic E-state index is 6.51. The fourth-order valence-corrected chi connectivity index (χ4v) is 5.39. The number of benzene rings is 1. The van der Waals surface area contributed by atoms with Gasteiger partial charge in [-0.3, -0.25) is 4.90 Å². The van der Waals surface area contributed by atoms with Crippen LogP contribution in [0.25, 0.3) is 0 Å². The van der Waals surface area contributed by atoms with E-state index in [-0.39, 0.29) is 5.60 Å². The molecule has 1 aromatic carbocycles. The number of fused-ring (bicyclic) bond motifs is 1. The highest BCUT2D eigenvalue weighted by Gasteiger charge is 2.62. The predicted octanol–water partition coefficient (Wildman–Crippen LogP) is 3.19. The zero-order chi connectivity index (χ0) is 16.2. The third-order valence-corrected chi connectivity index (χ3v) is 6.38. The number of hydrogen-bond donors (Lipinski definition) is 0. The quantitative estimate of drug-likeness (QED) is 0.841. The van der Waals surface area contributed by atoms with Gasteiger partial charge in [0, 0.05) is 43.0 Å². The molecule has 0 unspecified atom stereocenters. The summed E-state index contributed by atoms with van der Waals surface area (Å²) in [7, 11) is 4.36. The van der Waals surface area contributed by atoms with Gasteiger partial charge in [0.25, 0.3) is 0 Å². The molecule has 4 heteroatoms. The number of likely N-dealkylation sites (tertiary alicyclic amines) is 1. The molecule has 0 aliphatic carbocycles. The van der Waals surface area contributed by atoms with Crippen LogP contribution in [0, 0.1) is 18.8 Å². The second-order valence-corrected chi connectivity index (χ2v) is 8.46. The summed E-state index contributed by atoms with van der Waals surface area (Å²) in [5, 5.41) is 0.898. The Kier molecular flexibility index (Phi) is 3.96. The summed E-state index contributed by atoms with van der Waals surface area (Å²) in [5.74, 6) is 1.38. The normalized spacial score (nSPS) is 36.1. The number of halogens is 1. The van der Waals surface area contributed by atoms with Gasteiger partial charge in [0.15, 0.2) is 0 Å². The van der Waals surface area contributed by atoms with Gasteiger partial charge in [0.2, 0.25) is 0 Å². The molecule has 0 radical (unpaired) electrons. The molecule has 0 aromatic heterocycles. The first-order chi connectivity index (χ1) is 11.0. The lowest BCUT2D eigenvalue weighted by atomic mass is 9.73. The summed E-state index contributed by atoms with van der Waals surface area (Å²) in [6.07, 6.45) is 2.98. The molecule has 1 spiro atoms. The standard InChI is InChI=1S/C19H27ClN2O/c1-13-4-5-14(17(20)8-13)9-22-11-16-15(10-21(2)3)18-6-7-19(16,12-22)23-18/h4-5,8,15-16,18H,6-7,9-12H2,1-3H3/t15-,16+,18+,19+/m0/s1. The first-order valence-electron chi connectivity index (χ1n) is 8.77. The molecule has 1 aromatic rings. The summed E-state index contributed by atoms with van der Waals surface area (Å²) in [5.41, 5.74) is 2.60. The van der Waals surface area contributed by atoms with E-state index in [2.05, 4.69) is 49.0 Å². The molecule has 0 saturated carbocycles. The van der Waals surface area contributed by atoms with Crippen LogP contribution in [0.1, 0.15) is 24.0 Å². The summed E-state index contributed by atoms with van der Waals surface area (Å²) < 4.78 is 6.51. The van der Waals surface area contributed by atoms with E-state index in [0.29, 0.717) is 17.9 Å². The number of hydrogen-bond acceptors (Lipinski definition) is 3. The van der Waals surface area contributed by atoms with Crippen LogP contribution in [0.4, 0.5) is 0 Å². The average Bonchev–Trinajstić information content (AvgIpc) is 3.11. The van der Waals surface area contributed by atoms with Crippen molar-refractivity contribution < 1.29 is 4.74 Å². The van der Waals surface area contributed by atoms with Crippen LogP contribution in [0.5, 0.6) is 0 Å². The molecule has 3 nitrogen and oxygen atoms in total. The van der Waals surface area contributed by atoms with Crippen LogP contribution in [0.3, 0.4) is 0 Å². The molecule has 4 rings (SSSR count). The van der Waals surface area contributed by atoms with Crippen molar-refractivity contribution in [3.8, 4) is 0 Å². The van der Waals surface area contributed by atoms with Crippen LogP contribution >= 0.6 is 11.6 Å². The van der Waals surface area contributed by atoms with Gasteiger partial charge in [-0.2, -0.15) is 0 Å². The fraction of sp³-hybridized carbons (Fsp3) is 0.684. The van der Waals surface area contributed by atoms with E-state index in [1.807, 2.05) is 0 Å². The van der Waals surface area contributed by atoms with Crippen molar-refractivity contribution in [2.75, 3.05) is 33.7 Å². The van der Waals surface area contributed by atoms with Crippen molar-refractivity contribution in [1.29, 1.82) is 0 Å². The molecule has 0 N–H and O–H groups in total. The Bertz CT molecular complexity index is 605. The third-order valence-electron chi connectivity index (χ3n) is 6.03. The largest absolute Gasteiger partial charge is 0.370 e. The van der Waals surface area contributed by atoms with Crippen molar-refractivity contribution in [2.45, 2.75) is 38.0 Å². The van der Waals surface area contributed by atoms with Crippen LogP contribution in [-0.4, -0.2) is 55.2 Å². The Hall–Kier alpha value is -0.610. The summed E-state index contributed by atoms with van der Waals surface area (Å²) in [4.78, 5) is 4.88. The van der Waals surface area contributed by atoms with Gasteiger partial charge in [-0.15, -0.1) is 0 Å². The van der Waals surface area contributed by atoms with Crippen molar-refractivity contribution in [3.63, 3.8) is 0 Å². The van der Waals surface area contributed by atoms with E-state index in [1.54, 1.807) is 0 Å². The lowest BCUT2D eigenvalue weighted by molar-refractivity contribution is 0.00145. The smallest absolute Gasteiger partial charge is 0.0858 e. The minimum atomic E-state index is 0.127. The van der Waals surface area contributed by atoms with Crippen LogP contribution < -0.4 is 0 Å². The second kappa shape index (κ2) is 5.73. The van der Waals surface area contributed by atoms with E-state index in [0.717, 1.165) is 31.2 Å². The Labute approximate surface area is 144 Å². The maximum absolute atomic E-state index is 6.51. The molecule has 4 atom stereocenters. The highest BCUT2D eigenvalue weighted by atomic mass is 35.5. The molecule has 3 aliphatic rings. The summed E-state index contributed by atoms with van der Waals surface area (Å²) in [6, 6.07) is 6.41. The van der Waals surface area contributed by atoms with Crippen LogP contribution in [-0.2, 0) is 11.3 Å². The predicted molar refractivity (Wildman–Crippen MR) is 93.8 cm³/mol. The van der Waals surface area contributed by atoms with Gasteiger partial charge in [-0.1, -0.05) is 23.7 Å². The number of rotatable bonds is 4. The van der Waals surface area contributed by atoms with Crippen molar-refractivity contribution in [3.05, 3.63) is 34.3 Å². The van der Waals surface area contributed by atoms with Crippen LogP contribution in [0.15, 0.2) is 18.2 Å². The van der Waals surface area contributed by atoms with Crippen molar-refractivity contribution >= 4 is 11.6 Å². The molecule has 3 aliphatic heterocycles. The van der Waals surface area contributed by atoms with Gasteiger partial charge in [0.1, 0.15) is 0 Å². The number of aryl methyl sites for hydroxylation is 1. The molecule has 23 heavy (non-hydrogen) atoms. The molecule has 3 heterocycles. The lowest BCUT2D eigenvalue weighted by Gasteiger charge is -2.31. The topological polar surface area (TPSA) is 15.7 Å². The van der Waals surface area contributed by atoms with E-state index >= 15 is 0 Å². The van der Waals surface area contributed by atoms with Gasteiger partial charge < -0.3 is 9.64 Å². The first kappa shape index (κ1) is 15.9. The van der Waals surface area contributed by atoms with Gasteiger partial charge >= 0.3 is 0 Å². The van der Waals surface area contributed by atoms with Gasteiger partial charge in [-0.25, -0.2) is 0 Å². The lowest BCUT2D eigenvalue weighted by Crippen LogP contribution is -2.40. The maximum Gasteiger partial charge on any atom is 0.0858 e. The van der Waals surface area contributed by atoms with E-state index in [1.165, 1.54) is 24.0 Å². The highest BCUT2D eigenvalue weighted by molar-refractivity contribution is 6.31. The molecule has 3 saturated heterocycles. The average molecular weight is 335 g/mol. The third kappa shape index (κ3) is 2.72. The molecule has 2 bridgehead atoms. The number of nitrogens with zero attached hydrogens (tertiary/aromatic N) is 2. The monoisotopic (exact) mass is 334 g/mol. The van der Waals surface area contributed by atoms with Crippen molar-refractivity contribution in [2.24, 2.45) is 11.8 Å². The second-order valence-electron chi connectivity index (χ2n) is 8.06. The van der Waals surface area contributed by atoms with E-state index in [4.69, 9.17) is 16.3 Å². The SMILES string of the molecule is Cc1ccc(CN2C[C@@H]3[C@H](CN(C)C)[C@H]4CC[C@]3(C2)O4)c(Cl)c1. The molecular formula is C19H27ClN2O. The highest BCUT2D eigenvalue weighted by Crippen LogP contribution is 2.55. The fourth-order valence-electron chi connectivity index (χ4n) is 5.09. The molecule has 0 amide bonds. The summed E-state index contributed by atoms with van der Waals surface area (Å²) in [6.45, 7) is 6.41. The van der Waals surface area contributed by atoms with Gasteiger partial charge in [0.05, 0.1) is 11.7 Å². The Morgan fingerprint density at radius 3 is 2.96 bits per heavy atom. The molecule has 3 fully saturated rings. The zero-order valence-electron chi connectivity index (χ0n) is 14.4. The number of ether oxygens (including phenoxy) is 1.